The van der Waals surface area contributed by atoms with Gasteiger partial charge in [-0.15, -0.1) is 0 Å². The van der Waals surface area contributed by atoms with Gasteiger partial charge in [-0.1, -0.05) is 40.9 Å². The molecule has 1 heterocycles. The zero-order chi connectivity index (χ0) is 12.6. The highest BCUT2D eigenvalue weighted by molar-refractivity contribution is 6.43. The summed E-state index contributed by atoms with van der Waals surface area (Å²) in [6, 6.07) is 4.63. The van der Waals surface area contributed by atoms with Gasteiger partial charge in [0.05, 0.1) is 15.5 Å². The van der Waals surface area contributed by atoms with Gasteiger partial charge in [0.1, 0.15) is 10.2 Å². The van der Waals surface area contributed by atoms with Crippen LogP contribution in [-0.4, -0.2) is 9.91 Å². The lowest BCUT2D eigenvalue weighted by atomic mass is 10.1. The van der Waals surface area contributed by atoms with Gasteiger partial charge in [-0.05, 0) is 12.1 Å². The highest BCUT2D eigenvalue weighted by Gasteiger charge is 2.22. The van der Waals surface area contributed by atoms with Gasteiger partial charge >= 0.3 is 0 Å². The van der Waals surface area contributed by atoms with Crippen LogP contribution in [0.3, 0.4) is 0 Å². The molecule has 0 saturated heterocycles. The smallest absolute Gasteiger partial charge is 0.295 e. The van der Waals surface area contributed by atoms with Crippen LogP contribution in [0, 0.1) is 10.1 Å². The SMILES string of the molecule is O=[N+]([O-])c1c(Cl)cccc1-c1c[nH]c(Cl)c1Cl. The number of nitrogens with zero attached hydrogens (tertiary/aromatic N) is 1. The van der Waals surface area contributed by atoms with E-state index >= 15 is 0 Å². The molecule has 0 atom stereocenters. The lowest BCUT2D eigenvalue weighted by molar-refractivity contribution is -0.384. The summed E-state index contributed by atoms with van der Waals surface area (Å²) in [5.41, 5.74) is 0.591. The number of aromatic amines is 1. The van der Waals surface area contributed by atoms with Crippen molar-refractivity contribution in [2.24, 2.45) is 0 Å². The van der Waals surface area contributed by atoms with Crippen molar-refractivity contribution in [2.45, 2.75) is 0 Å². The number of hydrogen-bond acceptors (Lipinski definition) is 2. The molecule has 17 heavy (non-hydrogen) atoms. The fourth-order valence-corrected chi connectivity index (χ4v) is 2.11. The van der Waals surface area contributed by atoms with E-state index in [1.165, 1.54) is 12.3 Å². The van der Waals surface area contributed by atoms with Crippen molar-refractivity contribution < 1.29 is 4.92 Å². The number of rotatable bonds is 2. The second-order valence-electron chi connectivity index (χ2n) is 3.22. The number of nitrogens with one attached hydrogen (secondary N) is 1. The van der Waals surface area contributed by atoms with Crippen molar-refractivity contribution >= 4 is 40.5 Å². The van der Waals surface area contributed by atoms with Crippen molar-refractivity contribution in [3.05, 3.63) is 49.7 Å². The molecule has 0 spiro atoms. The third-order valence-corrected chi connectivity index (χ3v) is 3.32. The molecule has 1 aromatic heterocycles. The van der Waals surface area contributed by atoms with E-state index in [1.54, 1.807) is 12.1 Å². The van der Waals surface area contributed by atoms with Crippen LogP contribution in [0.5, 0.6) is 0 Å². The minimum atomic E-state index is -0.547. The first-order valence-corrected chi connectivity index (χ1v) is 5.61. The lowest BCUT2D eigenvalue weighted by Gasteiger charge is -2.02. The molecule has 1 aromatic carbocycles. The van der Waals surface area contributed by atoms with Crippen molar-refractivity contribution in [3.63, 3.8) is 0 Å². The Morgan fingerprint density at radius 1 is 1.18 bits per heavy atom. The standard InChI is InChI=1S/C10H5Cl3N2O2/c11-7-3-1-2-5(9(7)15(16)17)6-4-14-10(13)8(6)12/h1-4,14H. The van der Waals surface area contributed by atoms with Gasteiger partial charge in [0.2, 0.25) is 0 Å². The molecule has 0 aliphatic carbocycles. The van der Waals surface area contributed by atoms with Gasteiger partial charge in [0.15, 0.2) is 0 Å². The summed E-state index contributed by atoms with van der Waals surface area (Å²) < 4.78 is 0. The van der Waals surface area contributed by atoms with Gasteiger partial charge in [0, 0.05) is 11.8 Å². The number of aromatic nitrogens is 1. The zero-order valence-electron chi connectivity index (χ0n) is 8.21. The maximum absolute atomic E-state index is 11.0. The van der Waals surface area contributed by atoms with Crippen molar-refractivity contribution in [3.8, 4) is 11.1 Å². The maximum atomic E-state index is 11.0. The Kier molecular flexibility index (Phi) is 3.28. The van der Waals surface area contributed by atoms with Crippen LogP contribution in [0.2, 0.25) is 15.2 Å². The molecule has 0 aliphatic rings. The molecule has 4 nitrogen and oxygen atoms in total. The van der Waals surface area contributed by atoms with E-state index in [9.17, 15) is 10.1 Å². The lowest BCUT2D eigenvalue weighted by Crippen LogP contribution is -1.92. The quantitative estimate of drug-likeness (QED) is 0.652. The van der Waals surface area contributed by atoms with E-state index in [-0.39, 0.29) is 20.9 Å². The normalized spacial score (nSPS) is 10.5. The molecule has 0 aliphatic heterocycles. The first-order chi connectivity index (χ1) is 8.02. The van der Waals surface area contributed by atoms with E-state index in [0.717, 1.165) is 0 Å². The molecule has 0 fully saturated rings. The van der Waals surface area contributed by atoms with Crippen LogP contribution in [0.1, 0.15) is 0 Å². The van der Waals surface area contributed by atoms with E-state index in [1.807, 2.05) is 0 Å². The van der Waals surface area contributed by atoms with Crippen LogP contribution >= 0.6 is 34.8 Å². The van der Waals surface area contributed by atoms with Crippen LogP contribution in [0.15, 0.2) is 24.4 Å². The molecule has 88 valence electrons. The van der Waals surface area contributed by atoms with Crippen LogP contribution in [0.4, 0.5) is 5.69 Å². The summed E-state index contributed by atoms with van der Waals surface area (Å²) in [5.74, 6) is 0. The first kappa shape index (κ1) is 12.2. The van der Waals surface area contributed by atoms with Crippen molar-refractivity contribution in [1.82, 2.24) is 4.98 Å². The first-order valence-electron chi connectivity index (χ1n) is 4.48. The Labute approximate surface area is 111 Å². The molecule has 0 radical (unpaired) electrons. The average Bonchev–Trinajstić information content (AvgIpc) is 2.59. The number of nitro groups is 1. The summed E-state index contributed by atoms with van der Waals surface area (Å²) in [7, 11) is 0. The fraction of sp³-hybridized carbons (Fsp3) is 0. The third-order valence-electron chi connectivity index (χ3n) is 2.23. The second kappa shape index (κ2) is 4.56. The molecule has 2 aromatic rings. The zero-order valence-corrected chi connectivity index (χ0v) is 10.5. The maximum Gasteiger partial charge on any atom is 0.295 e. The molecular formula is C10H5Cl3N2O2. The van der Waals surface area contributed by atoms with E-state index < -0.39 is 4.92 Å². The van der Waals surface area contributed by atoms with Crippen LogP contribution in [-0.2, 0) is 0 Å². The van der Waals surface area contributed by atoms with Gasteiger partial charge < -0.3 is 4.98 Å². The number of H-pyrrole nitrogens is 1. The van der Waals surface area contributed by atoms with Crippen molar-refractivity contribution in [1.29, 1.82) is 0 Å². The molecule has 1 N–H and O–H groups in total. The number of benzene rings is 1. The van der Waals surface area contributed by atoms with Crippen molar-refractivity contribution in [2.75, 3.05) is 0 Å². The van der Waals surface area contributed by atoms with E-state index in [4.69, 9.17) is 34.8 Å². The summed E-state index contributed by atoms with van der Waals surface area (Å²) >= 11 is 17.5. The van der Waals surface area contributed by atoms with E-state index in [2.05, 4.69) is 4.98 Å². The Morgan fingerprint density at radius 2 is 1.88 bits per heavy atom. The monoisotopic (exact) mass is 290 g/mol. The Balaban J connectivity index is 2.72. The number of para-hydroxylation sites is 1. The van der Waals surface area contributed by atoms with Gasteiger partial charge in [-0.3, -0.25) is 10.1 Å². The summed E-state index contributed by atoms with van der Waals surface area (Å²) in [6.07, 6.45) is 1.50. The Bertz CT molecular complexity index is 595. The highest BCUT2D eigenvalue weighted by atomic mass is 35.5. The van der Waals surface area contributed by atoms with Crippen LogP contribution in [0.25, 0.3) is 11.1 Å². The Morgan fingerprint density at radius 3 is 2.41 bits per heavy atom. The molecular weight excluding hydrogens is 286 g/mol. The minimum Gasteiger partial charge on any atom is -0.351 e. The highest BCUT2D eigenvalue weighted by Crippen LogP contribution is 2.40. The predicted molar refractivity (Wildman–Crippen MR) is 67.9 cm³/mol. The van der Waals surface area contributed by atoms with Gasteiger partial charge in [0.25, 0.3) is 5.69 Å². The number of hydrogen-bond donors (Lipinski definition) is 1. The third kappa shape index (κ3) is 2.11. The van der Waals surface area contributed by atoms with Gasteiger partial charge in [-0.25, -0.2) is 0 Å². The molecule has 0 unspecified atom stereocenters. The van der Waals surface area contributed by atoms with E-state index in [0.29, 0.717) is 11.1 Å². The topological polar surface area (TPSA) is 58.9 Å². The molecule has 0 bridgehead atoms. The Hall–Kier alpha value is -1.23. The largest absolute Gasteiger partial charge is 0.351 e. The molecule has 0 amide bonds. The fourth-order valence-electron chi connectivity index (χ4n) is 1.49. The van der Waals surface area contributed by atoms with Gasteiger partial charge in [-0.2, -0.15) is 0 Å². The molecule has 7 heteroatoms. The summed E-state index contributed by atoms with van der Waals surface area (Å²) in [5, 5.41) is 11.5. The summed E-state index contributed by atoms with van der Waals surface area (Å²) in [6.45, 7) is 0. The average molecular weight is 292 g/mol. The molecule has 2 rings (SSSR count). The minimum absolute atomic E-state index is 0.0564. The second-order valence-corrected chi connectivity index (χ2v) is 4.39. The predicted octanol–water partition coefficient (Wildman–Crippen LogP) is 4.55. The number of halogens is 3. The van der Waals surface area contributed by atoms with Crippen LogP contribution < -0.4 is 0 Å². The molecule has 0 saturated carbocycles. The number of nitro benzene ring substituents is 1. The summed E-state index contributed by atoms with van der Waals surface area (Å²) in [4.78, 5) is 13.1.